The minimum Gasteiger partial charge on any atom is -0.436 e. The molecule has 0 spiro atoms. The van der Waals surface area contributed by atoms with Crippen molar-refractivity contribution in [3.05, 3.63) is 63.7 Å². The molecule has 1 heterocycles. The van der Waals surface area contributed by atoms with E-state index in [2.05, 4.69) is 20.9 Å². The SMILES string of the molecule is OCc1cnc(Oc2ccc3ccccc3c2Br)c(Cl)c1. The van der Waals surface area contributed by atoms with Gasteiger partial charge in [0.25, 0.3) is 0 Å². The molecule has 0 atom stereocenters. The molecule has 5 heteroatoms. The number of fused-ring (bicyclic) bond motifs is 1. The number of hydrogen-bond donors (Lipinski definition) is 1. The Morgan fingerprint density at radius 1 is 1.19 bits per heavy atom. The molecule has 0 radical (unpaired) electrons. The zero-order valence-corrected chi connectivity index (χ0v) is 13.2. The van der Waals surface area contributed by atoms with Crippen molar-refractivity contribution in [3.63, 3.8) is 0 Å². The van der Waals surface area contributed by atoms with Gasteiger partial charge in [0.05, 0.1) is 11.1 Å². The van der Waals surface area contributed by atoms with Gasteiger partial charge in [-0.25, -0.2) is 4.98 Å². The molecule has 106 valence electrons. The zero-order valence-electron chi connectivity index (χ0n) is 10.9. The predicted molar refractivity (Wildman–Crippen MR) is 86.9 cm³/mol. The van der Waals surface area contributed by atoms with Gasteiger partial charge in [-0.3, -0.25) is 0 Å². The minimum atomic E-state index is -0.104. The molecule has 0 aliphatic heterocycles. The summed E-state index contributed by atoms with van der Waals surface area (Å²) < 4.78 is 6.63. The van der Waals surface area contributed by atoms with Gasteiger partial charge in [-0.1, -0.05) is 41.9 Å². The predicted octanol–water partition coefficient (Wildman–Crippen LogP) is 4.94. The Hall–Kier alpha value is -1.62. The number of benzene rings is 2. The summed E-state index contributed by atoms with van der Waals surface area (Å²) in [5.41, 5.74) is 0.643. The third-order valence-electron chi connectivity index (χ3n) is 3.08. The average Bonchev–Trinajstić information content (AvgIpc) is 2.52. The molecule has 0 aliphatic rings. The molecule has 0 saturated carbocycles. The number of nitrogens with zero attached hydrogens (tertiary/aromatic N) is 1. The second-order valence-corrected chi connectivity index (χ2v) is 5.69. The standard InChI is InChI=1S/C16H11BrClNO2/c17-15-12-4-2-1-3-11(12)5-6-14(15)21-16-13(18)7-10(9-20)8-19-16/h1-8,20H,9H2. The monoisotopic (exact) mass is 363 g/mol. The summed E-state index contributed by atoms with van der Waals surface area (Å²) in [6.07, 6.45) is 1.54. The molecule has 0 amide bonds. The number of pyridine rings is 1. The second-order valence-electron chi connectivity index (χ2n) is 4.49. The summed E-state index contributed by atoms with van der Waals surface area (Å²) in [5.74, 6) is 0.949. The van der Waals surface area contributed by atoms with Crippen LogP contribution in [0.1, 0.15) is 5.56 Å². The van der Waals surface area contributed by atoms with Crippen LogP contribution >= 0.6 is 27.5 Å². The van der Waals surface area contributed by atoms with E-state index in [0.29, 0.717) is 22.2 Å². The number of aliphatic hydroxyl groups excluding tert-OH is 1. The molecule has 3 rings (SSSR count). The third-order valence-corrected chi connectivity index (χ3v) is 4.17. The summed E-state index contributed by atoms with van der Waals surface area (Å²) in [6.45, 7) is -0.104. The molecule has 0 fully saturated rings. The van der Waals surface area contributed by atoms with Gasteiger partial charge in [-0.2, -0.15) is 0 Å². The van der Waals surface area contributed by atoms with Gasteiger partial charge in [-0.05, 0) is 44.4 Å². The Bertz CT molecular complexity index is 807. The van der Waals surface area contributed by atoms with E-state index in [-0.39, 0.29) is 6.61 Å². The fourth-order valence-electron chi connectivity index (χ4n) is 2.02. The van der Waals surface area contributed by atoms with E-state index in [1.54, 1.807) is 6.07 Å². The highest BCUT2D eigenvalue weighted by molar-refractivity contribution is 9.10. The van der Waals surface area contributed by atoms with Crippen LogP contribution in [0.3, 0.4) is 0 Å². The van der Waals surface area contributed by atoms with Gasteiger partial charge in [0, 0.05) is 6.20 Å². The van der Waals surface area contributed by atoms with Crippen molar-refractivity contribution in [2.75, 3.05) is 0 Å². The summed E-state index contributed by atoms with van der Waals surface area (Å²) in [5, 5.41) is 11.6. The van der Waals surface area contributed by atoms with E-state index in [1.165, 1.54) is 6.20 Å². The maximum Gasteiger partial charge on any atom is 0.238 e. The lowest BCUT2D eigenvalue weighted by Gasteiger charge is -2.10. The van der Waals surface area contributed by atoms with Gasteiger partial charge in [0.15, 0.2) is 0 Å². The first-order valence-electron chi connectivity index (χ1n) is 6.29. The maximum absolute atomic E-state index is 9.06. The Balaban J connectivity index is 2.00. The molecule has 0 bridgehead atoms. The Morgan fingerprint density at radius 3 is 2.76 bits per heavy atom. The number of aromatic nitrogens is 1. The highest BCUT2D eigenvalue weighted by Crippen LogP contribution is 2.37. The first kappa shape index (κ1) is 14.3. The van der Waals surface area contributed by atoms with Crippen molar-refractivity contribution in [2.24, 2.45) is 0 Å². The first-order valence-corrected chi connectivity index (χ1v) is 7.46. The fourth-order valence-corrected chi connectivity index (χ4v) is 2.82. The quantitative estimate of drug-likeness (QED) is 0.716. The lowest BCUT2D eigenvalue weighted by molar-refractivity contribution is 0.281. The molecule has 1 aromatic heterocycles. The zero-order chi connectivity index (χ0) is 14.8. The minimum absolute atomic E-state index is 0.104. The van der Waals surface area contributed by atoms with E-state index in [9.17, 15) is 0 Å². The largest absolute Gasteiger partial charge is 0.436 e. The lowest BCUT2D eigenvalue weighted by Crippen LogP contribution is -1.93. The Labute approximate surface area is 135 Å². The van der Waals surface area contributed by atoms with E-state index >= 15 is 0 Å². The number of ether oxygens (including phenoxy) is 1. The molecule has 0 unspecified atom stereocenters. The van der Waals surface area contributed by atoms with Crippen LogP contribution in [0.5, 0.6) is 11.6 Å². The molecule has 3 aromatic rings. The number of hydrogen-bond acceptors (Lipinski definition) is 3. The van der Waals surface area contributed by atoms with Gasteiger partial charge < -0.3 is 9.84 Å². The third kappa shape index (κ3) is 2.88. The summed E-state index contributed by atoms with van der Waals surface area (Å²) in [7, 11) is 0. The number of rotatable bonds is 3. The molecule has 1 N–H and O–H groups in total. The summed E-state index contributed by atoms with van der Waals surface area (Å²) in [6, 6.07) is 13.5. The van der Waals surface area contributed by atoms with Crippen molar-refractivity contribution in [1.29, 1.82) is 0 Å². The van der Waals surface area contributed by atoms with Gasteiger partial charge >= 0.3 is 0 Å². The van der Waals surface area contributed by atoms with Crippen LogP contribution in [0.15, 0.2) is 53.1 Å². The van der Waals surface area contributed by atoms with Crippen molar-refractivity contribution in [3.8, 4) is 11.6 Å². The highest BCUT2D eigenvalue weighted by Gasteiger charge is 2.10. The second kappa shape index (κ2) is 6.02. The normalized spacial score (nSPS) is 10.8. The van der Waals surface area contributed by atoms with Crippen molar-refractivity contribution >= 4 is 38.3 Å². The highest BCUT2D eigenvalue weighted by atomic mass is 79.9. The maximum atomic E-state index is 9.06. The first-order chi connectivity index (χ1) is 10.2. The van der Waals surface area contributed by atoms with Gasteiger partial charge in [-0.15, -0.1) is 0 Å². The smallest absolute Gasteiger partial charge is 0.238 e. The van der Waals surface area contributed by atoms with E-state index in [1.807, 2.05) is 36.4 Å². The van der Waals surface area contributed by atoms with Crippen LogP contribution in [-0.2, 0) is 6.61 Å². The molecule has 21 heavy (non-hydrogen) atoms. The molecular weight excluding hydrogens is 354 g/mol. The van der Waals surface area contributed by atoms with E-state index in [0.717, 1.165) is 15.2 Å². The molecule has 0 saturated heterocycles. The van der Waals surface area contributed by atoms with Crippen LogP contribution in [0, 0.1) is 0 Å². The summed E-state index contributed by atoms with van der Waals surface area (Å²) in [4.78, 5) is 4.13. The average molecular weight is 365 g/mol. The lowest BCUT2D eigenvalue weighted by atomic mass is 10.1. The molecular formula is C16H11BrClNO2. The van der Waals surface area contributed by atoms with Crippen molar-refractivity contribution in [1.82, 2.24) is 4.98 Å². The van der Waals surface area contributed by atoms with Gasteiger partial charge in [0.1, 0.15) is 10.8 Å². The van der Waals surface area contributed by atoms with Crippen LogP contribution in [0.2, 0.25) is 5.02 Å². The van der Waals surface area contributed by atoms with Crippen LogP contribution < -0.4 is 4.74 Å². The van der Waals surface area contributed by atoms with Crippen LogP contribution in [-0.4, -0.2) is 10.1 Å². The van der Waals surface area contributed by atoms with Crippen LogP contribution in [0.25, 0.3) is 10.8 Å². The van der Waals surface area contributed by atoms with Crippen molar-refractivity contribution < 1.29 is 9.84 Å². The Morgan fingerprint density at radius 2 is 2.00 bits per heavy atom. The molecule has 3 nitrogen and oxygen atoms in total. The molecule has 0 aliphatic carbocycles. The van der Waals surface area contributed by atoms with E-state index < -0.39 is 0 Å². The number of halogens is 2. The topological polar surface area (TPSA) is 42.4 Å². The van der Waals surface area contributed by atoms with Crippen molar-refractivity contribution in [2.45, 2.75) is 6.61 Å². The number of aliphatic hydroxyl groups is 1. The fraction of sp³-hybridized carbons (Fsp3) is 0.0625. The summed E-state index contributed by atoms with van der Waals surface area (Å²) >= 11 is 9.67. The van der Waals surface area contributed by atoms with Gasteiger partial charge in [0.2, 0.25) is 5.88 Å². The van der Waals surface area contributed by atoms with E-state index in [4.69, 9.17) is 21.4 Å². The molecule has 2 aromatic carbocycles. The van der Waals surface area contributed by atoms with Crippen LogP contribution in [0.4, 0.5) is 0 Å². The Kier molecular flexibility index (Phi) is 4.10.